The van der Waals surface area contributed by atoms with Crippen LogP contribution in [0.3, 0.4) is 0 Å². The van der Waals surface area contributed by atoms with E-state index in [0.29, 0.717) is 37.9 Å². The fourth-order valence-electron chi connectivity index (χ4n) is 6.22. The molecule has 0 radical (unpaired) electrons. The van der Waals surface area contributed by atoms with Gasteiger partial charge in [-0.15, -0.1) is 0 Å². The second kappa shape index (κ2) is 10.5. The molecular weight excluding hydrogens is 506 g/mol. The first-order valence-corrected chi connectivity index (χ1v) is 14.3. The minimum absolute atomic E-state index is 0.0828. The number of aromatic hydroxyl groups is 1. The third-order valence-electron chi connectivity index (χ3n) is 8.50. The van der Waals surface area contributed by atoms with E-state index < -0.39 is 0 Å². The van der Waals surface area contributed by atoms with Gasteiger partial charge in [-0.3, -0.25) is 4.79 Å². The maximum Gasteiger partial charge on any atom is 0.318 e. The lowest BCUT2D eigenvalue weighted by atomic mass is 9.98. The van der Waals surface area contributed by atoms with Crippen molar-refractivity contribution >= 4 is 22.5 Å². The topological polar surface area (TPSA) is 91.3 Å². The maximum absolute atomic E-state index is 14.0. The van der Waals surface area contributed by atoms with E-state index in [1.165, 1.54) is 0 Å². The molecule has 1 unspecified atom stereocenters. The summed E-state index contributed by atoms with van der Waals surface area (Å²) in [5.74, 6) is 0.791. The molecule has 2 aliphatic heterocycles. The van der Waals surface area contributed by atoms with Crippen LogP contribution >= 0.6 is 0 Å². The zero-order valence-corrected chi connectivity index (χ0v) is 23.9. The van der Waals surface area contributed by atoms with Crippen LogP contribution in [0.25, 0.3) is 10.8 Å². The first-order chi connectivity index (χ1) is 19.2. The van der Waals surface area contributed by atoms with Gasteiger partial charge in [0.05, 0.1) is 37.6 Å². The lowest BCUT2D eigenvalue weighted by molar-refractivity contribution is 0.0752. The average molecular weight is 546 g/mol. The number of amides is 1. The first kappa shape index (κ1) is 26.8. The Morgan fingerprint density at radius 2 is 2.02 bits per heavy atom. The van der Waals surface area contributed by atoms with Crippen molar-refractivity contribution in [3.05, 3.63) is 52.7 Å². The van der Waals surface area contributed by atoms with Gasteiger partial charge in [-0.25, -0.2) is 0 Å². The van der Waals surface area contributed by atoms with Gasteiger partial charge in [-0.2, -0.15) is 9.97 Å². The van der Waals surface area contributed by atoms with Crippen LogP contribution in [-0.2, 0) is 17.8 Å². The zero-order valence-electron chi connectivity index (χ0n) is 23.9. The second-order valence-corrected chi connectivity index (χ2v) is 12.1. The minimum Gasteiger partial charge on any atom is -0.508 e. The maximum atomic E-state index is 14.0. The van der Waals surface area contributed by atoms with Crippen LogP contribution < -0.4 is 9.64 Å². The van der Waals surface area contributed by atoms with Crippen molar-refractivity contribution in [3.8, 4) is 11.8 Å². The van der Waals surface area contributed by atoms with Crippen LogP contribution in [0.5, 0.6) is 11.8 Å². The Hall–Kier alpha value is -3.43. The van der Waals surface area contributed by atoms with Gasteiger partial charge in [0.2, 0.25) is 0 Å². The van der Waals surface area contributed by atoms with Gasteiger partial charge in [0.1, 0.15) is 11.6 Å². The van der Waals surface area contributed by atoms with Crippen molar-refractivity contribution < 1.29 is 19.4 Å². The van der Waals surface area contributed by atoms with Crippen LogP contribution in [0.1, 0.15) is 53.4 Å². The van der Waals surface area contributed by atoms with Crippen LogP contribution in [0.4, 0.5) is 5.82 Å². The quantitative estimate of drug-likeness (QED) is 0.474. The Bertz CT molecular complexity index is 1440. The molecule has 0 bridgehead atoms. The van der Waals surface area contributed by atoms with Crippen LogP contribution in [0, 0.1) is 12.3 Å². The molecule has 6 rings (SSSR count). The standard InChI is InChI=1S/C31H39N5O4/c1-20-6-5-7-22-14-23(37)15-24(27(20)22)29(38)35-16-25-26(17-35)32-30(40-19-31(9-10-31)18-34(3)4)33-28(25)36-11-13-39-12-8-21(36)2/h5-7,14-15,21,37H,8-13,16-19H2,1-4H3. The van der Waals surface area contributed by atoms with Crippen LogP contribution in [0.2, 0.25) is 0 Å². The van der Waals surface area contributed by atoms with Gasteiger partial charge in [-0.05, 0) is 75.7 Å². The molecule has 2 fully saturated rings. The molecule has 1 amide bonds. The predicted molar refractivity (Wildman–Crippen MR) is 154 cm³/mol. The molecule has 1 atom stereocenters. The van der Waals surface area contributed by atoms with E-state index in [2.05, 4.69) is 30.8 Å². The summed E-state index contributed by atoms with van der Waals surface area (Å²) in [6.07, 6.45) is 3.18. The number of ether oxygens (including phenoxy) is 2. The number of phenolic OH excluding ortho intramolecular Hbond substituents is 1. The summed E-state index contributed by atoms with van der Waals surface area (Å²) in [7, 11) is 4.19. The molecule has 1 aromatic heterocycles. The number of rotatable bonds is 7. The molecule has 40 heavy (non-hydrogen) atoms. The second-order valence-electron chi connectivity index (χ2n) is 12.1. The molecule has 9 nitrogen and oxygen atoms in total. The molecule has 1 aliphatic carbocycles. The molecule has 1 saturated carbocycles. The van der Waals surface area contributed by atoms with Gasteiger partial charge in [0, 0.05) is 36.7 Å². The third-order valence-corrected chi connectivity index (χ3v) is 8.50. The summed E-state index contributed by atoms with van der Waals surface area (Å²) in [5, 5.41) is 12.1. The van der Waals surface area contributed by atoms with E-state index in [0.717, 1.165) is 72.4 Å². The summed E-state index contributed by atoms with van der Waals surface area (Å²) in [6.45, 7) is 8.58. The zero-order chi connectivity index (χ0) is 28.0. The van der Waals surface area contributed by atoms with Crippen LogP contribution in [-0.4, -0.2) is 83.8 Å². The number of nitrogens with zero attached hydrogens (tertiary/aromatic N) is 5. The van der Waals surface area contributed by atoms with E-state index in [1.807, 2.05) is 25.1 Å². The van der Waals surface area contributed by atoms with Crippen LogP contribution in [0.15, 0.2) is 30.3 Å². The third kappa shape index (κ3) is 5.20. The van der Waals surface area contributed by atoms with Gasteiger partial charge in [0.15, 0.2) is 0 Å². The number of fused-ring (bicyclic) bond motifs is 2. The Morgan fingerprint density at radius 3 is 2.80 bits per heavy atom. The number of benzene rings is 2. The molecule has 3 aromatic rings. The number of aromatic nitrogens is 2. The fraction of sp³-hybridized carbons (Fsp3) is 0.516. The van der Waals surface area contributed by atoms with Crippen molar-refractivity contribution in [2.24, 2.45) is 5.41 Å². The van der Waals surface area contributed by atoms with Gasteiger partial charge in [-0.1, -0.05) is 18.2 Å². The highest BCUT2D eigenvalue weighted by molar-refractivity contribution is 6.09. The molecule has 212 valence electrons. The highest BCUT2D eigenvalue weighted by atomic mass is 16.5. The van der Waals surface area contributed by atoms with Crippen molar-refractivity contribution in [2.45, 2.75) is 52.2 Å². The number of hydrogen-bond donors (Lipinski definition) is 1. The van der Waals surface area contributed by atoms with Crippen molar-refractivity contribution in [2.75, 3.05) is 51.9 Å². The van der Waals surface area contributed by atoms with Gasteiger partial charge >= 0.3 is 6.01 Å². The summed E-state index contributed by atoms with van der Waals surface area (Å²) >= 11 is 0. The number of carbonyl (C=O) groups is 1. The SMILES string of the molecule is Cc1cccc2cc(O)cc(C(=O)N3Cc4nc(OCC5(CN(C)C)CC5)nc(N5CCOCCC5C)c4C3)c12. The molecule has 1 saturated heterocycles. The van der Waals surface area contributed by atoms with Gasteiger partial charge < -0.3 is 29.3 Å². The van der Waals surface area contributed by atoms with Crippen molar-refractivity contribution in [1.82, 2.24) is 19.8 Å². The smallest absolute Gasteiger partial charge is 0.318 e. The van der Waals surface area contributed by atoms with Crippen molar-refractivity contribution in [1.29, 1.82) is 0 Å². The normalized spacial score (nSPS) is 20.1. The summed E-state index contributed by atoms with van der Waals surface area (Å²) in [5.41, 5.74) is 3.45. The lowest BCUT2D eigenvalue weighted by Gasteiger charge is -2.29. The Labute approximate surface area is 235 Å². The highest BCUT2D eigenvalue weighted by Gasteiger charge is 2.44. The van der Waals surface area contributed by atoms with E-state index in [1.54, 1.807) is 17.0 Å². The fourth-order valence-corrected chi connectivity index (χ4v) is 6.22. The molecular formula is C31H39N5O4. The molecule has 0 spiro atoms. The predicted octanol–water partition coefficient (Wildman–Crippen LogP) is 4.14. The van der Waals surface area contributed by atoms with E-state index in [9.17, 15) is 9.90 Å². The number of phenols is 1. The van der Waals surface area contributed by atoms with Gasteiger partial charge in [0.25, 0.3) is 5.91 Å². The molecule has 1 N–H and O–H groups in total. The Morgan fingerprint density at radius 1 is 1.20 bits per heavy atom. The summed E-state index contributed by atoms with van der Waals surface area (Å²) in [4.78, 5) is 30.1. The first-order valence-electron chi connectivity index (χ1n) is 14.3. The Kier molecular flexibility index (Phi) is 7.04. The van der Waals surface area contributed by atoms with Crippen molar-refractivity contribution in [3.63, 3.8) is 0 Å². The number of anilines is 1. The van der Waals surface area contributed by atoms with E-state index >= 15 is 0 Å². The molecule has 9 heteroatoms. The molecule has 2 aromatic carbocycles. The highest BCUT2D eigenvalue weighted by Crippen LogP contribution is 2.46. The lowest BCUT2D eigenvalue weighted by Crippen LogP contribution is -2.36. The minimum atomic E-state index is -0.128. The largest absolute Gasteiger partial charge is 0.508 e. The average Bonchev–Trinajstić information content (AvgIpc) is 3.59. The monoisotopic (exact) mass is 545 g/mol. The number of hydrogen-bond acceptors (Lipinski definition) is 8. The Balaban J connectivity index is 1.33. The molecule has 3 heterocycles. The van der Waals surface area contributed by atoms with E-state index in [-0.39, 0.29) is 23.1 Å². The number of aryl methyl sites for hydroxylation is 1. The molecule has 3 aliphatic rings. The summed E-state index contributed by atoms with van der Waals surface area (Å²) in [6, 6.07) is 9.76. The number of carbonyl (C=O) groups excluding carboxylic acids is 1. The summed E-state index contributed by atoms with van der Waals surface area (Å²) < 4.78 is 12.1. The van der Waals surface area contributed by atoms with E-state index in [4.69, 9.17) is 19.4 Å².